The van der Waals surface area contributed by atoms with Gasteiger partial charge < -0.3 is 16.0 Å². The molecule has 4 N–H and O–H groups in total. The van der Waals surface area contributed by atoms with Crippen LogP contribution in [0.4, 0.5) is 11.6 Å². The van der Waals surface area contributed by atoms with Crippen LogP contribution in [0.3, 0.4) is 0 Å². The molecule has 68 valence electrons. The summed E-state index contributed by atoms with van der Waals surface area (Å²) in [5.41, 5.74) is 15.1. The number of hydrogen-bond acceptors (Lipinski definition) is 3. The molecule has 13 heavy (non-hydrogen) atoms. The van der Waals surface area contributed by atoms with E-state index in [0.717, 1.165) is 22.3 Å². The van der Waals surface area contributed by atoms with E-state index in [1.807, 2.05) is 30.7 Å². The molecule has 0 saturated carbocycles. The molecule has 2 rings (SSSR count). The van der Waals surface area contributed by atoms with Crippen LogP contribution in [0.2, 0.25) is 0 Å². The summed E-state index contributed by atoms with van der Waals surface area (Å²) in [7, 11) is 1.89. The van der Waals surface area contributed by atoms with Gasteiger partial charge in [0.05, 0.1) is 11.0 Å². The van der Waals surface area contributed by atoms with E-state index in [1.165, 1.54) is 0 Å². The lowest BCUT2D eigenvalue weighted by molar-refractivity contribution is 0.965. The van der Waals surface area contributed by atoms with Gasteiger partial charge >= 0.3 is 0 Å². The van der Waals surface area contributed by atoms with E-state index in [1.54, 1.807) is 0 Å². The van der Waals surface area contributed by atoms with Crippen molar-refractivity contribution in [3.63, 3.8) is 0 Å². The summed E-state index contributed by atoms with van der Waals surface area (Å²) in [4.78, 5) is 4.23. The monoisotopic (exact) mass is 176 g/mol. The number of aromatic nitrogens is 2. The van der Waals surface area contributed by atoms with Gasteiger partial charge in [0.15, 0.2) is 0 Å². The summed E-state index contributed by atoms with van der Waals surface area (Å²) in [5, 5.41) is 0. The Morgan fingerprint density at radius 2 is 2.00 bits per heavy atom. The van der Waals surface area contributed by atoms with Crippen molar-refractivity contribution in [2.75, 3.05) is 11.5 Å². The van der Waals surface area contributed by atoms with Crippen LogP contribution in [0.1, 0.15) is 5.56 Å². The maximum absolute atomic E-state index is 5.76. The van der Waals surface area contributed by atoms with Crippen molar-refractivity contribution in [1.29, 1.82) is 0 Å². The first-order valence-electron chi connectivity index (χ1n) is 4.08. The molecule has 0 atom stereocenters. The number of nitrogens with zero attached hydrogens (tertiary/aromatic N) is 2. The van der Waals surface area contributed by atoms with Crippen molar-refractivity contribution in [2.45, 2.75) is 6.92 Å². The molecule has 0 saturated heterocycles. The van der Waals surface area contributed by atoms with Crippen LogP contribution < -0.4 is 11.5 Å². The minimum Gasteiger partial charge on any atom is -0.398 e. The van der Waals surface area contributed by atoms with Crippen LogP contribution >= 0.6 is 0 Å². The first-order valence-corrected chi connectivity index (χ1v) is 4.08. The van der Waals surface area contributed by atoms with Gasteiger partial charge in [-0.15, -0.1) is 0 Å². The van der Waals surface area contributed by atoms with Crippen molar-refractivity contribution in [1.82, 2.24) is 9.55 Å². The van der Waals surface area contributed by atoms with Crippen molar-refractivity contribution in [2.24, 2.45) is 7.05 Å². The quantitative estimate of drug-likeness (QED) is 0.589. The molecule has 4 heteroatoms. The maximum Gasteiger partial charge on any atom is 0.200 e. The molecule has 0 spiro atoms. The van der Waals surface area contributed by atoms with Gasteiger partial charge in [0.2, 0.25) is 5.95 Å². The molecular weight excluding hydrogens is 164 g/mol. The summed E-state index contributed by atoms with van der Waals surface area (Å²) >= 11 is 0. The second-order valence-corrected chi connectivity index (χ2v) is 3.18. The Morgan fingerprint density at radius 1 is 1.31 bits per heavy atom. The van der Waals surface area contributed by atoms with E-state index in [0.29, 0.717) is 5.95 Å². The topological polar surface area (TPSA) is 69.9 Å². The number of anilines is 2. The van der Waals surface area contributed by atoms with Crippen LogP contribution in [0.25, 0.3) is 11.0 Å². The normalized spacial score (nSPS) is 10.9. The summed E-state index contributed by atoms with van der Waals surface area (Å²) in [6.45, 7) is 1.95. The number of nitrogen functional groups attached to an aromatic ring is 2. The molecule has 0 aliphatic carbocycles. The third kappa shape index (κ3) is 0.950. The van der Waals surface area contributed by atoms with Gasteiger partial charge in [0.1, 0.15) is 0 Å². The highest BCUT2D eigenvalue weighted by Crippen LogP contribution is 2.23. The summed E-state index contributed by atoms with van der Waals surface area (Å²) in [6, 6.07) is 3.81. The second-order valence-electron chi connectivity index (χ2n) is 3.18. The number of hydrogen-bond donors (Lipinski definition) is 2. The van der Waals surface area contributed by atoms with Gasteiger partial charge in [-0.25, -0.2) is 4.98 Å². The minimum absolute atomic E-state index is 0.517. The van der Waals surface area contributed by atoms with E-state index in [2.05, 4.69) is 4.98 Å². The fourth-order valence-electron chi connectivity index (χ4n) is 1.43. The Labute approximate surface area is 76.2 Å². The number of rotatable bonds is 0. The largest absolute Gasteiger partial charge is 0.398 e. The zero-order chi connectivity index (χ0) is 9.59. The number of benzene rings is 1. The highest BCUT2D eigenvalue weighted by Gasteiger charge is 2.08. The standard InChI is InChI=1S/C9H12N4/c1-5-6(10)3-4-7-8(5)12-9(11)13(7)2/h3-4H,10H2,1-2H3,(H2,11,12). The number of aryl methyl sites for hydroxylation is 2. The van der Waals surface area contributed by atoms with Gasteiger partial charge in [-0.05, 0) is 24.6 Å². The summed E-state index contributed by atoms with van der Waals surface area (Å²) < 4.78 is 1.85. The van der Waals surface area contributed by atoms with Crippen LogP contribution in [0.5, 0.6) is 0 Å². The predicted octanol–water partition coefficient (Wildman–Crippen LogP) is 1.05. The van der Waals surface area contributed by atoms with Crippen molar-refractivity contribution in [3.05, 3.63) is 17.7 Å². The molecule has 1 heterocycles. The molecule has 0 aliphatic heterocycles. The maximum atomic E-state index is 5.76. The fraction of sp³-hybridized carbons (Fsp3) is 0.222. The van der Waals surface area contributed by atoms with E-state index >= 15 is 0 Å². The van der Waals surface area contributed by atoms with E-state index in [-0.39, 0.29) is 0 Å². The molecule has 0 radical (unpaired) electrons. The molecule has 1 aromatic heterocycles. The summed E-state index contributed by atoms with van der Waals surface area (Å²) in [6.07, 6.45) is 0. The molecule has 4 nitrogen and oxygen atoms in total. The molecule has 0 bridgehead atoms. The lowest BCUT2D eigenvalue weighted by Crippen LogP contribution is -1.96. The molecule has 0 fully saturated rings. The smallest absolute Gasteiger partial charge is 0.200 e. The summed E-state index contributed by atoms with van der Waals surface area (Å²) in [5.74, 6) is 0.517. The van der Waals surface area contributed by atoms with Gasteiger partial charge in [0, 0.05) is 12.7 Å². The van der Waals surface area contributed by atoms with Crippen LogP contribution in [-0.4, -0.2) is 9.55 Å². The van der Waals surface area contributed by atoms with Gasteiger partial charge in [0.25, 0.3) is 0 Å². The van der Waals surface area contributed by atoms with Gasteiger partial charge in [-0.3, -0.25) is 0 Å². The molecule has 2 aromatic rings. The lowest BCUT2D eigenvalue weighted by Gasteiger charge is -2.00. The van der Waals surface area contributed by atoms with Crippen LogP contribution in [0, 0.1) is 6.92 Å². The fourth-order valence-corrected chi connectivity index (χ4v) is 1.43. The second kappa shape index (κ2) is 2.39. The average Bonchev–Trinajstić information content (AvgIpc) is 2.38. The zero-order valence-corrected chi connectivity index (χ0v) is 7.70. The lowest BCUT2D eigenvalue weighted by atomic mass is 10.1. The van der Waals surface area contributed by atoms with E-state index < -0.39 is 0 Å². The highest BCUT2D eigenvalue weighted by atomic mass is 15.1. The van der Waals surface area contributed by atoms with Crippen LogP contribution in [0.15, 0.2) is 12.1 Å². The Kier molecular flexibility index (Phi) is 1.45. The number of nitrogens with two attached hydrogens (primary N) is 2. The Hall–Kier alpha value is -1.71. The molecule has 0 amide bonds. The van der Waals surface area contributed by atoms with Crippen molar-refractivity contribution in [3.8, 4) is 0 Å². The first-order chi connectivity index (χ1) is 6.11. The SMILES string of the molecule is Cc1c(N)ccc2c1nc(N)n2C. The number of imidazole rings is 1. The zero-order valence-electron chi connectivity index (χ0n) is 7.70. The van der Waals surface area contributed by atoms with Crippen LogP contribution in [-0.2, 0) is 7.05 Å². The number of fused-ring (bicyclic) bond motifs is 1. The average molecular weight is 176 g/mol. The first kappa shape index (κ1) is 7.91. The third-order valence-corrected chi connectivity index (χ3v) is 2.38. The van der Waals surface area contributed by atoms with Gasteiger partial charge in [-0.2, -0.15) is 0 Å². The van der Waals surface area contributed by atoms with Crippen molar-refractivity contribution < 1.29 is 0 Å². The highest BCUT2D eigenvalue weighted by molar-refractivity contribution is 5.85. The molecule has 1 aromatic carbocycles. The van der Waals surface area contributed by atoms with Crippen molar-refractivity contribution >= 4 is 22.7 Å². The Bertz CT molecular complexity index is 470. The van der Waals surface area contributed by atoms with E-state index in [4.69, 9.17) is 11.5 Å². The third-order valence-electron chi connectivity index (χ3n) is 2.38. The molecule has 0 unspecified atom stereocenters. The predicted molar refractivity (Wildman–Crippen MR) is 54.3 cm³/mol. The Morgan fingerprint density at radius 3 is 2.69 bits per heavy atom. The minimum atomic E-state index is 0.517. The molecule has 0 aliphatic rings. The van der Waals surface area contributed by atoms with E-state index in [9.17, 15) is 0 Å². The Balaban J connectivity index is 2.94. The van der Waals surface area contributed by atoms with Gasteiger partial charge in [-0.1, -0.05) is 0 Å². The molecular formula is C9H12N4.